The Kier molecular flexibility index (Phi) is 5.63. The van der Waals surface area contributed by atoms with E-state index in [9.17, 15) is 9.18 Å². The Bertz CT molecular complexity index is 1180. The second-order valence-corrected chi connectivity index (χ2v) is 9.81. The summed E-state index contributed by atoms with van der Waals surface area (Å²) in [6, 6.07) is 16.5. The van der Waals surface area contributed by atoms with Gasteiger partial charge >= 0.3 is 0 Å². The van der Waals surface area contributed by atoms with Crippen LogP contribution in [0, 0.1) is 11.7 Å². The van der Waals surface area contributed by atoms with E-state index in [2.05, 4.69) is 50.3 Å². The minimum absolute atomic E-state index is 0.215. The molecular formula is C26H29FN6O. The van der Waals surface area contributed by atoms with Crippen LogP contribution in [0.15, 0.2) is 54.6 Å². The summed E-state index contributed by atoms with van der Waals surface area (Å²) in [7, 11) is 0. The van der Waals surface area contributed by atoms with Gasteiger partial charge in [-0.05, 0) is 55.9 Å². The molecule has 7 nitrogen and oxygen atoms in total. The number of nitrogens with zero attached hydrogens (tertiary/aromatic N) is 3. The molecule has 4 atom stereocenters. The summed E-state index contributed by atoms with van der Waals surface area (Å²) >= 11 is 0. The average molecular weight is 461 g/mol. The highest BCUT2D eigenvalue weighted by Crippen LogP contribution is 2.46. The van der Waals surface area contributed by atoms with Crippen molar-refractivity contribution < 1.29 is 9.18 Å². The third kappa shape index (κ3) is 4.23. The van der Waals surface area contributed by atoms with Crippen molar-refractivity contribution in [3.63, 3.8) is 0 Å². The highest BCUT2D eigenvalue weighted by atomic mass is 19.1. The number of benzene rings is 2. The van der Waals surface area contributed by atoms with Gasteiger partial charge in [0.25, 0.3) is 5.91 Å². The van der Waals surface area contributed by atoms with E-state index in [4.69, 9.17) is 5.10 Å². The minimum atomic E-state index is -0.410. The molecule has 8 heteroatoms. The molecule has 2 aromatic carbocycles. The van der Waals surface area contributed by atoms with E-state index in [0.29, 0.717) is 17.4 Å². The van der Waals surface area contributed by atoms with Gasteiger partial charge in [-0.15, -0.1) is 5.10 Å². The van der Waals surface area contributed by atoms with Gasteiger partial charge in [0.2, 0.25) is 0 Å². The fraction of sp³-hybridized carbons (Fsp3) is 0.423. The summed E-state index contributed by atoms with van der Waals surface area (Å²) in [5.74, 6) is 0.412. The number of hydrazine groups is 1. The van der Waals surface area contributed by atoms with Gasteiger partial charge in [0.05, 0.1) is 24.1 Å². The first kappa shape index (κ1) is 21.4. The maximum absolute atomic E-state index is 13.6. The van der Waals surface area contributed by atoms with Gasteiger partial charge in [-0.1, -0.05) is 41.6 Å². The largest absolute Gasteiger partial charge is 0.335 e. The van der Waals surface area contributed by atoms with Gasteiger partial charge in [-0.25, -0.2) is 14.5 Å². The van der Waals surface area contributed by atoms with Crippen molar-refractivity contribution in [2.75, 3.05) is 0 Å². The maximum Gasteiger partial charge on any atom is 0.252 e. The lowest BCUT2D eigenvalue weighted by Gasteiger charge is -2.33. The zero-order valence-electron chi connectivity index (χ0n) is 19.0. The third-order valence-electron chi connectivity index (χ3n) is 7.45. The number of fused-ring (bicyclic) bond motifs is 1. The lowest BCUT2D eigenvalue weighted by molar-refractivity contribution is 0.0914. The molecule has 3 aromatic rings. The molecule has 3 N–H and O–H groups in total. The molecule has 0 radical (unpaired) electrons. The summed E-state index contributed by atoms with van der Waals surface area (Å²) in [5, 5.41) is 12.3. The predicted molar refractivity (Wildman–Crippen MR) is 125 cm³/mol. The van der Waals surface area contributed by atoms with Crippen LogP contribution in [-0.4, -0.2) is 33.1 Å². The minimum Gasteiger partial charge on any atom is -0.335 e. The Morgan fingerprint density at radius 1 is 1.03 bits per heavy atom. The van der Waals surface area contributed by atoms with E-state index in [0.717, 1.165) is 31.5 Å². The highest BCUT2D eigenvalue weighted by Gasteiger charge is 2.44. The standard InChI is InChI=1S/C26H29FN6O/c27-20-8-4-7-19(13-20)26(34)28-25-21-14-18(11-12-22(21)29-31-25)23-24(17-9-10-17)33(32-30-23)15-16-5-2-1-3-6-16/h1-8,13,17-18,21-22,25,29,31H,9-12,14-15H2,(H,28,34). The number of carbonyl (C=O) groups excluding carboxylic acids is 1. The first-order chi connectivity index (χ1) is 16.7. The smallest absolute Gasteiger partial charge is 0.252 e. The molecule has 0 spiro atoms. The van der Waals surface area contributed by atoms with Crippen molar-refractivity contribution in [2.24, 2.45) is 5.92 Å². The molecule has 1 amide bonds. The van der Waals surface area contributed by atoms with Gasteiger partial charge in [-0.2, -0.15) is 0 Å². The summed E-state index contributed by atoms with van der Waals surface area (Å²) in [6.07, 6.45) is 5.15. The molecule has 3 fully saturated rings. The molecule has 1 aliphatic heterocycles. The van der Waals surface area contributed by atoms with Gasteiger partial charge in [0.1, 0.15) is 5.82 Å². The molecule has 1 aromatic heterocycles. The molecule has 2 heterocycles. The summed E-state index contributed by atoms with van der Waals surface area (Å²) < 4.78 is 15.7. The summed E-state index contributed by atoms with van der Waals surface area (Å²) in [5.41, 5.74) is 10.6. The second-order valence-electron chi connectivity index (χ2n) is 9.81. The van der Waals surface area contributed by atoms with Crippen LogP contribution in [0.5, 0.6) is 0 Å². The van der Waals surface area contributed by atoms with Crippen molar-refractivity contribution >= 4 is 5.91 Å². The van der Waals surface area contributed by atoms with Crippen molar-refractivity contribution in [1.29, 1.82) is 0 Å². The zero-order valence-corrected chi connectivity index (χ0v) is 19.0. The van der Waals surface area contributed by atoms with Crippen LogP contribution in [0.3, 0.4) is 0 Å². The predicted octanol–water partition coefficient (Wildman–Crippen LogP) is 3.46. The van der Waals surface area contributed by atoms with Crippen LogP contribution < -0.4 is 16.2 Å². The highest BCUT2D eigenvalue weighted by molar-refractivity contribution is 5.94. The first-order valence-electron chi connectivity index (χ1n) is 12.2. The lowest BCUT2D eigenvalue weighted by atomic mass is 9.75. The monoisotopic (exact) mass is 460 g/mol. The number of nitrogens with one attached hydrogen (secondary N) is 3. The summed E-state index contributed by atoms with van der Waals surface area (Å²) in [4.78, 5) is 12.7. The van der Waals surface area contributed by atoms with E-state index in [1.54, 1.807) is 12.1 Å². The van der Waals surface area contributed by atoms with Gasteiger partial charge in [0, 0.05) is 29.4 Å². The van der Waals surface area contributed by atoms with Gasteiger partial charge < -0.3 is 5.32 Å². The number of hydrogen-bond acceptors (Lipinski definition) is 5. The van der Waals surface area contributed by atoms with Crippen LogP contribution in [0.2, 0.25) is 0 Å². The maximum atomic E-state index is 13.6. The second kappa shape index (κ2) is 8.92. The van der Waals surface area contributed by atoms with Crippen LogP contribution in [-0.2, 0) is 6.54 Å². The number of hydrogen-bond donors (Lipinski definition) is 3. The van der Waals surface area contributed by atoms with E-state index < -0.39 is 5.82 Å². The molecule has 3 aliphatic rings. The normalized spacial score (nSPS) is 26.3. The van der Waals surface area contributed by atoms with E-state index >= 15 is 0 Å². The van der Waals surface area contributed by atoms with Crippen molar-refractivity contribution in [3.05, 3.63) is 82.9 Å². The van der Waals surface area contributed by atoms with Crippen LogP contribution in [0.4, 0.5) is 4.39 Å². The Labute approximate surface area is 198 Å². The lowest BCUT2D eigenvalue weighted by Crippen LogP contribution is -2.47. The van der Waals surface area contributed by atoms with E-state index in [1.165, 1.54) is 36.2 Å². The quantitative estimate of drug-likeness (QED) is 0.525. The first-order valence-corrected chi connectivity index (χ1v) is 12.2. The fourth-order valence-corrected chi connectivity index (χ4v) is 5.58. The van der Waals surface area contributed by atoms with Crippen molar-refractivity contribution in [1.82, 2.24) is 31.2 Å². The van der Waals surface area contributed by atoms with Gasteiger partial charge in [-0.3, -0.25) is 10.2 Å². The van der Waals surface area contributed by atoms with Crippen LogP contribution >= 0.6 is 0 Å². The Morgan fingerprint density at radius 3 is 2.65 bits per heavy atom. The molecule has 4 unspecified atom stereocenters. The summed E-state index contributed by atoms with van der Waals surface area (Å²) in [6.45, 7) is 0.744. The number of rotatable bonds is 6. The molecule has 2 aliphatic carbocycles. The topological polar surface area (TPSA) is 83.9 Å². The van der Waals surface area contributed by atoms with Crippen molar-refractivity contribution in [3.8, 4) is 0 Å². The molecule has 6 rings (SSSR count). The average Bonchev–Trinajstić information content (AvgIpc) is 3.50. The van der Waals surface area contributed by atoms with Crippen LogP contribution in [0.1, 0.15) is 71.2 Å². The van der Waals surface area contributed by atoms with E-state index in [1.807, 2.05) is 6.07 Å². The molecular weight excluding hydrogens is 431 g/mol. The zero-order chi connectivity index (χ0) is 23.1. The molecule has 2 saturated carbocycles. The number of amides is 1. The number of carbonyl (C=O) groups is 1. The van der Waals surface area contributed by atoms with Gasteiger partial charge in [0.15, 0.2) is 0 Å². The molecule has 0 bridgehead atoms. The number of aromatic nitrogens is 3. The molecule has 176 valence electrons. The fourth-order valence-electron chi connectivity index (χ4n) is 5.58. The SMILES string of the molecule is O=C(NC1NNC2CCC(c3nnn(Cc4ccccc4)c3C3CC3)CC21)c1cccc(F)c1. The molecule has 1 saturated heterocycles. The Hall–Kier alpha value is -3.10. The number of halogens is 1. The van der Waals surface area contributed by atoms with Crippen molar-refractivity contribution in [2.45, 2.75) is 62.7 Å². The van der Waals surface area contributed by atoms with E-state index in [-0.39, 0.29) is 24.0 Å². The Morgan fingerprint density at radius 2 is 1.85 bits per heavy atom. The molecule has 34 heavy (non-hydrogen) atoms. The Balaban J connectivity index is 1.19. The van der Waals surface area contributed by atoms with Crippen LogP contribution in [0.25, 0.3) is 0 Å². The third-order valence-corrected chi connectivity index (χ3v) is 7.45.